The fraction of sp³-hybridized carbons (Fsp3) is 0.143. The lowest BCUT2D eigenvalue weighted by Gasteiger charge is -2.12. The zero-order chi connectivity index (χ0) is 15.2. The molecule has 0 unspecified atom stereocenters. The van der Waals surface area contributed by atoms with E-state index in [9.17, 15) is 4.79 Å². The van der Waals surface area contributed by atoms with E-state index in [4.69, 9.17) is 19.1 Å². The third-order valence-electron chi connectivity index (χ3n) is 2.54. The summed E-state index contributed by atoms with van der Waals surface area (Å²) in [5, 5.41) is 12.2. The van der Waals surface area contributed by atoms with Gasteiger partial charge in [0.15, 0.2) is 11.5 Å². The van der Waals surface area contributed by atoms with Crippen LogP contribution in [0.25, 0.3) is 6.08 Å². The standard InChI is InChI=1S/C14H12BrNO5/c1-19-12-5-9(2-3-13(17)18)4-11(15)14(12)20-7-10-6-16-21-8-10/h2-6,8H,7H2,1H3,(H,17,18)/b3-2+. The van der Waals surface area contributed by atoms with Gasteiger partial charge in [0.2, 0.25) is 0 Å². The molecule has 0 aliphatic heterocycles. The maximum Gasteiger partial charge on any atom is 0.328 e. The second kappa shape index (κ2) is 6.94. The van der Waals surface area contributed by atoms with Gasteiger partial charge in [-0.05, 0) is 39.7 Å². The Bertz CT molecular complexity index is 652. The Kier molecular flexibility index (Phi) is 4.99. The number of aromatic nitrogens is 1. The van der Waals surface area contributed by atoms with Gasteiger partial charge in [0.05, 0.1) is 17.8 Å². The summed E-state index contributed by atoms with van der Waals surface area (Å²) in [5.41, 5.74) is 1.47. The summed E-state index contributed by atoms with van der Waals surface area (Å²) in [4.78, 5) is 10.5. The second-order valence-corrected chi connectivity index (χ2v) is 4.88. The third-order valence-corrected chi connectivity index (χ3v) is 3.13. The number of ether oxygens (including phenoxy) is 2. The molecule has 0 aliphatic carbocycles. The molecule has 0 bridgehead atoms. The SMILES string of the molecule is COc1cc(/C=C/C(=O)O)cc(Br)c1OCc1cnoc1. The minimum absolute atomic E-state index is 0.281. The topological polar surface area (TPSA) is 81.8 Å². The predicted octanol–water partition coefficient (Wildman–Crippen LogP) is 3.12. The van der Waals surface area contributed by atoms with Crippen LogP contribution in [0.1, 0.15) is 11.1 Å². The Hall–Kier alpha value is -2.28. The highest BCUT2D eigenvalue weighted by Gasteiger charge is 2.11. The maximum absolute atomic E-state index is 10.5. The van der Waals surface area contributed by atoms with E-state index < -0.39 is 5.97 Å². The van der Waals surface area contributed by atoms with Crippen molar-refractivity contribution in [2.24, 2.45) is 0 Å². The fourth-order valence-electron chi connectivity index (χ4n) is 1.60. The van der Waals surface area contributed by atoms with E-state index in [-0.39, 0.29) is 6.61 Å². The molecule has 0 atom stereocenters. The van der Waals surface area contributed by atoms with Crippen molar-refractivity contribution in [1.29, 1.82) is 0 Å². The number of carboxylic acid groups (broad SMARTS) is 1. The summed E-state index contributed by atoms with van der Waals surface area (Å²) in [6.07, 6.45) is 5.58. The monoisotopic (exact) mass is 353 g/mol. The van der Waals surface area contributed by atoms with Crippen LogP contribution in [0, 0.1) is 0 Å². The highest BCUT2D eigenvalue weighted by Crippen LogP contribution is 2.37. The van der Waals surface area contributed by atoms with Crippen molar-refractivity contribution >= 4 is 28.0 Å². The summed E-state index contributed by atoms with van der Waals surface area (Å²) in [6, 6.07) is 3.43. The Morgan fingerprint density at radius 2 is 2.33 bits per heavy atom. The van der Waals surface area contributed by atoms with E-state index in [1.807, 2.05) is 0 Å². The van der Waals surface area contributed by atoms with E-state index >= 15 is 0 Å². The average Bonchev–Trinajstić information content (AvgIpc) is 2.96. The van der Waals surface area contributed by atoms with E-state index in [1.54, 1.807) is 18.3 Å². The van der Waals surface area contributed by atoms with Gasteiger partial charge in [-0.3, -0.25) is 0 Å². The van der Waals surface area contributed by atoms with Crippen molar-refractivity contribution in [3.63, 3.8) is 0 Å². The van der Waals surface area contributed by atoms with E-state index in [2.05, 4.69) is 21.1 Å². The van der Waals surface area contributed by atoms with Gasteiger partial charge in [-0.25, -0.2) is 4.79 Å². The Labute approximate surface area is 129 Å². The zero-order valence-electron chi connectivity index (χ0n) is 11.1. The number of benzene rings is 1. The quantitative estimate of drug-likeness (QED) is 0.803. The zero-order valence-corrected chi connectivity index (χ0v) is 12.7. The number of hydrogen-bond donors (Lipinski definition) is 1. The highest BCUT2D eigenvalue weighted by atomic mass is 79.9. The van der Waals surface area contributed by atoms with Crippen molar-refractivity contribution in [3.8, 4) is 11.5 Å². The molecular formula is C14H12BrNO5. The van der Waals surface area contributed by atoms with Crippen molar-refractivity contribution in [1.82, 2.24) is 5.16 Å². The molecule has 0 fully saturated rings. The number of methoxy groups -OCH3 is 1. The molecule has 0 saturated heterocycles. The molecule has 0 spiro atoms. The van der Waals surface area contributed by atoms with Gasteiger partial charge in [0, 0.05) is 11.6 Å². The Balaban J connectivity index is 2.22. The number of aliphatic carboxylic acids is 1. The normalized spacial score (nSPS) is 10.8. The second-order valence-electron chi connectivity index (χ2n) is 4.03. The third kappa shape index (κ3) is 4.09. The fourth-order valence-corrected chi connectivity index (χ4v) is 2.17. The summed E-state index contributed by atoms with van der Waals surface area (Å²) in [7, 11) is 1.51. The number of rotatable bonds is 6. The molecule has 6 nitrogen and oxygen atoms in total. The van der Waals surface area contributed by atoms with Crippen molar-refractivity contribution in [2.75, 3.05) is 7.11 Å². The van der Waals surface area contributed by atoms with Crippen LogP contribution < -0.4 is 9.47 Å². The molecule has 0 amide bonds. The predicted molar refractivity (Wildman–Crippen MR) is 78.2 cm³/mol. The first-order valence-electron chi connectivity index (χ1n) is 5.89. The Morgan fingerprint density at radius 3 is 2.95 bits per heavy atom. The highest BCUT2D eigenvalue weighted by molar-refractivity contribution is 9.10. The first kappa shape index (κ1) is 15.1. The van der Waals surface area contributed by atoms with Gasteiger partial charge in [0.1, 0.15) is 12.9 Å². The number of nitrogens with zero attached hydrogens (tertiary/aromatic N) is 1. The molecule has 7 heteroatoms. The van der Waals surface area contributed by atoms with Crippen LogP contribution in [-0.2, 0) is 11.4 Å². The lowest BCUT2D eigenvalue weighted by molar-refractivity contribution is -0.131. The summed E-state index contributed by atoms with van der Waals surface area (Å²) in [5.74, 6) is -0.00471. The van der Waals surface area contributed by atoms with Crippen LogP contribution in [0.2, 0.25) is 0 Å². The number of carbonyl (C=O) groups is 1. The molecule has 110 valence electrons. The van der Waals surface area contributed by atoms with Gasteiger partial charge in [-0.15, -0.1) is 0 Å². The van der Waals surface area contributed by atoms with Crippen LogP contribution in [0.4, 0.5) is 0 Å². The maximum atomic E-state index is 10.5. The molecule has 1 aromatic carbocycles. The first-order valence-corrected chi connectivity index (χ1v) is 6.69. The molecule has 1 aromatic heterocycles. The van der Waals surface area contributed by atoms with E-state index in [0.717, 1.165) is 11.6 Å². The number of carboxylic acids is 1. The lowest BCUT2D eigenvalue weighted by atomic mass is 10.2. The average molecular weight is 354 g/mol. The van der Waals surface area contributed by atoms with Crippen molar-refractivity contribution < 1.29 is 23.9 Å². The minimum atomic E-state index is -1.02. The van der Waals surface area contributed by atoms with Crippen molar-refractivity contribution in [3.05, 3.63) is 46.3 Å². The molecule has 0 radical (unpaired) electrons. The molecule has 2 rings (SSSR count). The molecule has 1 heterocycles. The lowest BCUT2D eigenvalue weighted by Crippen LogP contribution is -1.98. The van der Waals surface area contributed by atoms with Gasteiger partial charge in [-0.1, -0.05) is 5.16 Å². The van der Waals surface area contributed by atoms with Crippen LogP contribution in [0.5, 0.6) is 11.5 Å². The largest absolute Gasteiger partial charge is 0.493 e. The number of hydrogen-bond acceptors (Lipinski definition) is 5. The van der Waals surface area contributed by atoms with Crippen molar-refractivity contribution in [2.45, 2.75) is 6.61 Å². The van der Waals surface area contributed by atoms with Crippen LogP contribution in [0.15, 0.2) is 39.7 Å². The van der Waals surface area contributed by atoms with E-state index in [1.165, 1.54) is 19.4 Å². The Morgan fingerprint density at radius 1 is 1.52 bits per heavy atom. The van der Waals surface area contributed by atoms with E-state index in [0.29, 0.717) is 21.5 Å². The van der Waals surface area contributed by atoms with Crippen LogP contribution >= 0.6 is 15.9 Å². The molecule has 0 aliphatic rings. The number of halogens is 1. The molecule has 21 heavy (non-hydrogen) atoms. The molecule has 0 saturated carbocycles. The van der Waals surface area contributed by atoms with Gasteiger partial charge in [0.25, 0.3) is 0 Å². The molecule has 2 aromatic rings. The summed E-state index contributed by atoms with van der Waals surface area (Å²) in [6.45, 7) is 0.281. The van der Waals surface area contributed by atoms with Crippen LogP contribution in [-0.4, -0.2) is 23.3 Å². The van der Waals surface area contributed by atoms with Gasteiger partial charge < -0.3 is 19.1 Å². The van der Waals surface area contributed by atoms with Crippen LogP contribution in [0.3, 0.4) is 0 Å². The van der Waals surface area contributed by atoms with Gasteiger partial charge >= 0.3 is 5.97 Å². The first-order chi connectivity index (χ1) is 10.1. The smallest absolute Gasteiger partial charge is 0.328 e. The van der Waals surface area contributed by atoms with Gasteiger partial charge in [-0.2, -0.15) is 0 Å². The summed E-state index contributed by atoms with van der Waals surface area (Å²) < 4.78 is 16.3. The molecule has 1 N–H and O–H groups in total. The molecular weight excluding hydrogens is 342 g/mol. The minimum Gasteiger partial charge on any atom is -0.493 e. The summed E-state index contributed by atoms with van der Waals surface area (Å²) >= 11 is 3.38.